The van der Waals surface area contributed by atoms with Crippen molar-refractivity contribution < 1.29 is 9.21 Å². The van der Waals surface area contributed by atoms with E-state index in [4.69, 9.17) is 21.9 Å². The summed E-state index contributed by atoms with van der Waals surface area (Å²) in [5.41, 5.74) is 0.626. The summed E-state index contributed by atoms with van der Waals surface area (Å²) in [6.45, 7) is 0.0210. The molecule has 1 amide bonds. The van der Waals surface area contributed by atoms with Gasteiger partial charge >= 0.3 is 11.6 Å². The van der Waals surface area contributed by atoms with Crippen LogP contribution in [0.2, 0.25) is 5.02 Å². The summed E-state index contributed by atoms with van der Waals surface area (Å²) >= 11 is 5.62. The molecule has 0 unspecified atom stereocenters. The van der Waals surface area contributed by atoms with Crippen molar-refractivity contribution in [1.82, 2.24) is 15.0 Å². The largest absolute Gasteiger partial charge is 0.454 e. The molecule has 100 valence electrons. The standard InChI is InChI=1S/C10H9ClN4O4/c11-6-4-15(10(18)13-8(6)16)3-5-1-2-7(19-5)9(17)14-12/h1-2,4H,3,12H2,(H,14,17)(H,13,16,18). The number of carbonyl (C=O) groups excluding carboxylic acids is 1. The molecule has 9 heteroatoms. The van der Waals surface area contributed by atoms with Gasteiger partial charge in [0, 0.05) is 6.20 Å². The van der Waals surface area contributed by atoms with Gasteiger partial charge in [-0.25, -0.2) is 10.6 Å². The smallest absolute Gasteiger partial charge is 0.328 e. The Morgan fingerprint density at radius 3 is 2.89 bits per heavy atom. The molecule has 2 aromatic rings. The zero-order valence-electron chi connectivity index (χ0n) is 9.47. The summed E-state index contributed by atoms with van der Waals surface area (Å²) in [5.74, 6) is 4.72. The summed E-state index contributed by atoms with van der Waals surface area (Å²) in [5, 5.41) is -0.119. The van der Waals surface area contributed by atoms with E-state index in [2.05, 4.69) is 0 Å². The minimum atomic E-state index is -0.662. The van der Waals surface area contributed by atoms with E-state index in [1.165, 1.54) is 18.3 Å². The molecule has 0 aliphatic rings. The molecule has 0 aliphatic carbocycles. The van der Waals surface area contributed by atoms with E-state index < -0.39 is 17.2 Å². The lowest BCUT2D eigenvalue weighted by molar-refractivity contribution is 0.0924. The van der Waals surface area contributed by atoms with E-state index in [-0.39, 0.29) is 17.3 Å². The van der Waals surface area contributed by atoms with Crippen molar-refractivity contribution in [2.75, 3.05) is 0 Å². The number of nitrogen functional groups attached to an aromatic ring is 1. The predicted molar refractivity (Wildman–Crippen MR) is 65.8 cm³/mol. The fraction of sp³-hybridized carbons (Fsp3) is 0.100. The average molecular weight is 285 g/mol. The first-order chi connectivity index (χ1) is 9.01. The van der Waals surface area contributed by atoms with Crippen LogP contribution in [-0.4, -0.2) is 15.5 Å². The second-order valence-corrected chi connectivity index (χ2v) is 4.01. The van der Waals surface area contributed by atoms with Gasteiger partial charge in [-0.15, -0.1) is 0 Å². The third-order valence-electron chi connectivity index (χ3n) is 2.31. The minimum absolute atomic E-state index is 0.0149. The Hall–Kier alpha value is -2.32. The van der Waals surface area contributed by atoms with E-state index in [0.29, 0.717) is 5.76 Å². The molecular weight excluding hydrogens is 276 g/mol. The summed E-state index contributed by atoms with van der Waals surface area (Å²) in [4.78, 5) is 35.8. The molecule has 0 radical (unpaired) electrons. The SMILES string of the molecule is NNC(=O)c1ccc(Cn2cc(Cl)c(=O)[nH]c2=O)o1. The Labute approximate surface area is 110 Å². The first kappa shape index (κ1) is 13.1. The molecule has 2 heterocycles. The normalized spacial score (nSPS) is 10.4. The minimum Gasteiger partial charge on any atom is -0.454 e. The monoisotopic (exact) mass is 284 g/mol. The Bertz CT molecular complexity index is 730. The summed E-state index contributed by atoms with van der Waals surface area (Å²) in [7, 11) is 0. The number of hydrazine groups is 1. The third kappa shape index (κ3) is 2.75. The molecule has 0 saturated heterocycles. The number of hydrogen-bond donors (Lipinski definition) is 3. The number of nitrogens with one attached hydrogen (secondary N) is 2. The van der Waals surface area contributed by atoms with Crippen LogP contribution in [0.3, 0.4) is 0 Å². The van der Waals surface area contributed by atoms with Crippen LogP contribution in [0.25, 0.3) is 0 Å². The lowest BCUT2D eigenvalue weighted by Gasteiger charge is -2.02. The van der Waals surface area contributed by atoms with E-state index in [9.17, 15) is 14.4 Å². The lowest BCUT2D eigenvalue weighted by atomic mass is 10.4. The molecular formula is C10H9ClN4O4. The molecule has 8 nitrogen and oxygen atoms in total. The van der Waals surface area contributed by atoms with E-state index in [1.807, 2.05) is 10.4 Å². The molecule has 0 saturated carbocycles. The highest BCUT2D eigenvalue weighted by atomic mass is 35.5. The number of nitrogens with two attached hydrogens (primary N) is 1. The molecule has 0 aliphatic heterocycles. The van der Waals surface area contributed by atoms with Crippen molar-refractivity contribution >= 4 is 17.5 Å². The Morgan fingerprint density at radius 1 is 1.47 bits per heavy atom. The van der Waals surface area contributed by atoms with E-state index >= 15 is 0 Å². The number of nitrogens with zero attached hydrogens (tertiary/aromatic N) is 1. The fourth-order valence-corrected chi connectivity index (χ4v) is 1.59. The predicted octanol–water partition coefficient (Wildman–Crippen LogP) is -0.565. The van der Waals surface area contributed by atoms with Crippen molar-refractivity contribution in [3.8, 4) is 0 Å². The maximum absolute atomic E-state index is 11.5. The van der Waals surface area contributed by atoms with Crippen molar-refractivity contribution in [3.63, 3.8) is 0 Å². The quantitative estimate of drug-likeness (QED) is 0.396. The van der Waals surface area contributed by atoms with Gasteiger partial charge in [0.25, 0.3) is 5.56 Å². The van der Waals surface area contributed by atoms with Crippen LogP contribution in [0, 0.1) is 0 Å². The molecule has 0 aromatic carbocycles. The van der Waals surface area contributed by atoms with Crippen molar-refractivity contribution in [1.29, 1.82) is 0 Å². The van der Waals surface area contributed by atoms with Gasteiger partial charge in [-0.2, -0.15) is 0 Å². The van der Waals surface area contributed by atoms with Gasteiger partial charge in [-0.1, -0.05) is 11.6 Å². The van der Waals surface area contributed by atoms with Crippen LogP contribution < -0.4 is 22.5 Å². The molecule has 2 aromatic heterocycles. The topological polar surface area (TPSA) is 123 Å². The maximum atomic E-state index is 11.5. The maximum Gasteiger partial charge on any atom is 0.328 e. The first-order valence-corrected chi connectivity index (χ1v) is 5.48. The summed E-state index contributed by atoms with van der Waals surface area (Å²) < 4.78 is 6.32. The molecule has 0 bridgehead atoms. The molecule has 0 atom stereocenters. The molecule has 0 spiro atoms. The van der Waals surface area contributed by atoms with Gasteiger partial charge in [0.05, 0.1) is 6.54 Å². The van der Waals surface area contributed by atoms with E-state index in [0.717, 1.165) is 4.57 Å². The van der Waals surface area contributed by atoms with Gasteiger partial charge in [-0.05, 0) is 12.1 Å². The number of carbonyl (C=O) groups is 1. The zero-order chi connectivity index (χ0) is 14.0. The third-order valence-corrected chi connectivity index (χ3v) is 2.58. The highest BCUT2D eigenvalue weighted by molar-refractivity contribution is 6.30. The summed E-state index contributed by atoms with van der Waals surface area (Å²) in [6, 6.07) is 2.92. The molecule has 19 heavy (non-hydrogen) atoms. The van der Waals surface area contributed by atoms with Crippen LogP contribution in [-0.2, 0) is 6.54 Å². The zero-order valence-corrected chi connectivity index (χ0v) is 10.2. The molecule has 0 fully saturated rings. The first-order valence-electron chi connectivity index (χ1n) is 5.10. The van der Waals surface area contributed by atoms with Gasteiger partial charge < -0.3 is 4.42 Å². The highest BCUT2D eigenvalue weighted by Crippen LogP contribution is 2.09. The van der Waals surface area contributed by atoms with Crippen molar-refractivity contribution in [2.24, 2.45) is 5.84 Å². The Morgan fingerprint density at radius 2 is 2.21 bits per heavy atom. The second kappa shape index (κ2) is 5.12. The number of halogens is 1. The van der Waals surface area contributed by atoms with Gasteiger partial charge in [0.1, 0.15) is 10.8 Å². The lowest BCUT2D eigenvalue weighted by Crippen LogP contribution is -2.30. The number of furan rings is 1. The van der Waals surface area contributed by atoms with Gasteiger partial charge in [0.2, 0.25) is 0 Å². The molecule has 4 N–H and O–H groups in total. The fourth-order valence-electron chi connectivity index (χ4n) is 1.42. The number of H-pyrrole nitrogens is 1. The number of aromatic nitrogens is 2. The number of rotatable bonds is 3. The Balaban J connectivity index is 2.29. The average Bonchev–Trinajstić information content (AvgIpc) is 2.83. The Kier molecular flexibility index (Phi) is 3.54. The number of aromatic amines is 1. The van der Waals surface area contributed by atoms with Crippen LogP contribution in [0.4, 0.5) is 0 Å². The highest BCUT2D eigenvalue weighted by Gasteiger charge is 2.11. The molecule has 2 rings (SSSR count). The number of amides is 1. The van der Waals surface area contributed by atoms with Crippen LogP contribution in [0.1, 0.15) is 16.3 Å². The van der Waals surface area contributed by atoms with E-state index in [1.54, 1.807) is 0 Å². The van der Waals surface area contributed by atoms with Crippen LogP contribution in [0.5, 0.6) is 0 Å². The number of hydrogen-bond acceptors (Lipinski definition) is 5. The van der Waals surface area contributed by atoms with Crippen LogP contribution >= 0.6 is 11.6 Å². The van der Waals surface area contributed by atoms with Crippen molar-refractivity contribution in [3.05, 3.63) is 55.7 Å². The second-order valence-electron chi connectivity index (χ2n) is 3.60. The summed E-state index contributed by atoms with van der Waals surface area (Å²) in [6.07, 6.45) is 1.19. The van der Waals surface area contributed by atoms with Crippen LogP contribution in [0.15, 0.2) is 32.3 Å². The van der Waals surface area contributed by atoms with Crippen molar-refractivity contribution in [2.45, 2.75) is 6.54 Å². The van der Waals surface area contributed by atoms with Gasteiger partial charge in [-0.3, -0.25) is 24.6 Å². The van der Waals surface area contributed by atoms with Gasteiger partial charge in [0.15, 0.2) is 5.76 Å².